The monoisotopic (exact) mass is 339 g/mol. The Morgan fingerprint density at radius 2 is 1.88 bits per heavy atom. The molecule has 0 aromatic carbocycles. The number of aromatic nitrogens is 3. The van der Waals surface area contributed by atoms with Crippen molar-refractivity contribution in [3.63, 3.8) is 0 Å². The van der Waals surface area contributed by atoms with Gasteiger partial charge in [0.2, 0.25) is 5.95 Å². The van der Waals surface area contributed by atoms with Gasteiger partial charge in [0.15, 0.2) is 0 Å². The number of nitrogens with zero attached hydrogens (tertiary/aromatic N) is 5. The molecule has 2 fully saturated rings. The Hall–Kier alpha value is -2.05. The molecule has 0 N–H and O–H groups in total. The van der Waals surface area contributed by atoms with E-state index >= 15 is 0 Å². The summed E-state index contributed by atoms with van der Waals surface area (Å²) in [6.07, 6.45) is 7.89. The summed E-state index contributed by atoms with van der Waals surface area (Å²) in [5.41, 5.74) is 1.28. The molecule has 6 nitrogen and oxygen atoms in total. The van der Waals surface area contributed by atoms with E-state index in [1.807, 2.05) is 30.7 Å². The van der Waals surface area contributed by atoms with Crippen LogP contribution in [0.1, 0.15) is 18.5 Å². The van der Waals surface area contributed by atoms with Crippen LogP contribution in [0.2, 0.25) is 0 Å². The Labute approximate surface area is 148 Å². The molecular weight excluding hydrogens is 314 g/mol. The summed E-state index contributed by atoms with van der Waals surface area (Å²) >= 11 is 0. The second kappa shape index (κ2) is 7.45. The summed E-state index contributed by atoms with van der Waals surface area (Å²) in [7, 11) is 0. The maximum atomic E-state index is 6.00. The summed E-state index contributed by atoms with van der Waals surface area (Å²) in [6, 6.07) is 8.00. The summed E-state index contributed by atoms with van der Waals surface area (Å²) in [4.78, 5) is 18.2. The van der Waals surface area contributed by atoms with E-state index in [2.05, 4.69) is 36.9 Å². The molecule has 0 unspecified atom stereocenters. The first-order valence-electron chi connectivity index (χ1n) is 9.05. The minimum atomic E-state index is 0.142. The first kappa shape index (κ1) is 16.4. The van der Waals surface area contributed by atoms with Crippen LogP contribution in [0.15, 0.2) is 42.9 Å². The van der Waals surface area contributed by atoms with E-state index in [0.717, 1.165) is 57.6 Å². The number of pyridine rings is 1. The van der Waals surface area contributed by atoms with Crippen molar-refractivity contribution in [1.82, 2.24) is 19.9 Å². The highest BCUT2D eigenvalue weighted by Crippen LogP contribution is 2.34. The van der Waals surface area contributed by atoms with Gasteiger partial charge in [-0.05, 0) is 37.6 Å². The third kappa shape index (κ3) is 3.96. The molecule has 4 heterocycles. The lowest BCUT2D eigenvalue weighted by Crippen LogP contribution is -2.50. The molecule has 0 aliphatic carbocycles. The van der Waals surface area contributed by atoms with Gasteiger partial charge in [0.25, 0.3) is 0 Å². The van der Waals surface area contributed by atoms with Crippen LogP contribution in [-0.4, -0.2) is 59.2 Å². The molecular formula is C19H25N5O. The second-order valence-electron chi connectivity index (χ2n) is 7.16. The maximum Gasteiger partial charge on any atom is 0.225 e. The van der Waals surface area contributed by atoms with Crippen LogP contribution >= 0.6 is 0 Å². The molecule has 2 aromatic heterocycles. The number of rotatable bonds is 3. The van der Waals surface area contributed by atoms with Crippen LogP contribution in [0, 0.1) is 5.41 Å². The summed E-state index contributed by atoms with van der Waals surface area (Å²) in [5, 5.41) is 0. The largest absolute Gasteiger partial charge is 0.379 e. The summed E-state index contributed by atoms with van der Waals surface area (Å²) in [6.45, 7) is 6.43. The van der Waals surface area contributed by atoms with Crippen LogP contribution < -0.4 is 4.90 Å². The zero-order chi connectivity index (χ0) is 17.0. The van der Waals surface area contributed by atoms with Gasteiger partial charge in [-0.1, -0.05) is 6.07 Å². The van der Waals surface area contributed by atoms with Crippen LogP contribution in [-0.2, 0) is 11.3 Å². The molecule has 0 bridgehead atoms. The predicted octanol–water partition coefficient (Wildman–Crippen LogP) is 1.99. The van der Waals surface area contributed by atoms with Gasteiger partial charge in [-0.15, -0.1) is 0 Å². The summed E-state index contributed by atoms with van der Waals surface area (Å²) < 4.78 is 6.00. The number of anilines is 1. The van der Waals surface area contributed by atoms with Gasteiger partial charge in [0, 0.05) is 50.2 Å². The lowest BCUT2D eigenvalue weighted by Gasteiger charge is -2.43. The first-order chi connectivity index (χ1) is 12.3. The Kier molecular flexibility index (Phi) is 4.90. The van der Waals surface area contributed by atoms with Gasteiger partial charge in [-0.3, -0.25) is 9.88 Å². The normalized spacial score (nSPS) is 25.0. The fourth-order valence-electron chi connectivity index (χ4n) is 4.03. The Balaban J connectivity index is 1.49. The van der Waals surface area contributed by atoms with Gasteiger partial charge >= 0.3 is 0 Å². The highest BCUT2D eigenvalue weighted by Gasteiger charge is 2.39. The average molecular weight is 339 g/mol. The Morgan fingerprint density at radius 1 is 1.00 bits per heavy atom. The molecule has 4 rings (SSSR count). The van der Waals surface area contributed by atoms with Crippen LogP contribution in [0.5, 0.6) is 0 Å². The van der Waals surface area contributed by atoms with E-state index in [9.17, 15) is 0 Å². The van der Waals surface area contributed by atoms with Crippen molar-refractivity contribution < 1.29 is 4.74 Å². The van der Waals surface area contributed by atoms with Gasteiger partial charge in [-0.25, -0.2) is 9.97 Å². The van der Waals surface area contributed by atoms with Crippen LogP contribution in [0.25, 0.3) is 0 Å². The first-order valence-corrected chi connectivity index (χ1v) is 9.05. The lowest BCUT2D eigenvalue weighted by molar-refractivity contribution is 0.0103. The van der Waals surface area contributed by atoms with Crippen molar-refractivity contribution in [1.29, 1.82) is 0 Å². The Bertz CT molecular complexity index is 668. The van der Waals surface area contributed by atoms with Crippen molar-refractivity contribution in [2.75, 3.05) is 44.3 Å². The zero-order valence-corrected chi connectivity index (χ0v) is 14.5. The molecule has 6 heteroatoms. The summed E-state index contributed by atoms with van der Waals surface area (Å²) in [5.74, 6) is 0.814. The van der Waals surface area contributed by atoms with Crippen LogP contribution in [0.4, 0.5) is 5.95 Å². The standard InChI is InChI=1S/C19H25N5O/c1-2-7-20-17(5-1)13-23-10-3-6-19(14-23)15-24(11-12-25-16-19)18-21-8-4-9-22-18/h1-2,4-5,7-9H,3,6,10-16H2/t19-/m0/s1. The highest BCUT2D eigenvalue weighted by molar-refractivity contribution is 5.29. The third-order valence-corrected chi connectivity index (χ3v) is 5.13. The van der Waals surface area contributed by atoms with E-state index < -0.39 is 0 Å². The minimum absolute atomic E-state index is 0.142. The zero-order valence-electron chi connectivity index (χ0n) is 14.5. The quantitative estimate of drug-likeness (QED) is 0.852. The molecule has 1 atom stereocenters. The van der Waals surface area contributed by atoms with Crippen molar-refractivity contribution in [2.45, 2.75) is 19.4 Å². The third-order valence-electron chi connectivity index (χ3n) is 5.13. The van der Waals surface area contributed by atoms with Crippen molar-refractivity contribution in [3.05, 3.63) is 48.5 Å². The van der Waals surface area contributed by atoms with Gasteiger partial charge < -0.3 is 9.64 Å². The molecule has 0 amide bonds. The molecule has 2 aliphatic rings. The maximum absolute atomic E-state index is 6.00. The molecule has 2 saturated heterocycles. The van der Waals surface area contributed by atoms with Crippen LogP contribution in [0.3, 0.4) is 0 Å². The van der Waals surface area contributed by atoms with Crippen molar-refractivity contribution in [2.24, 2.45) is 5.41 Å². The van der Waals surface area contributed by atoms with Crippen molar-refractivity contribution in [3.8, 4) is 0 Å². The van der Waals surface area contributed by atoms with E-state index in [0.29, 0.717) is 0 Å². The van der Waals surface area contributed by atoms with E-state index in [1.54, 1.807) is 0 Å². The molecule has 0 saturated carbocycles. The number of ether oxygens (including phenoxy) is 1. The van der Waals surface area contributed by atoms with Crippen molar-refractivity contribution >= 4 is 5.95 Å². The SMILES string of the molecule is c1ccc(CN2CCC[C@]3(COCCN(c4ncccn4)C3)C2)nc1. The Morgan fingerprint density at radius 3 is 2.72 bits per heavy atom. The molecule has 2 aromatic rings. The van der Waals surface area contributed by atoms with E-state index in [1.165, 1.54) is 12.8 Å². The lowest BCUT2D eigenvalue weighted by atomic mass is 9.80. The number of hydrogen-bond acceptors (Lipinski definition) is 6. The second-order valence-corrected chi connectivity index (χ2v) is 7.16. The van der Waals surface area contributed by atoms with Gasteiger partial charge in [-0.2, -0.15) is 0 Å². The number of hydrogen-bond donors (Lipinski definition) is 0. The fourth-order valence-corrected chi connectivity index (χ4v) is 4.03. The molecule has 1 spiro atoms. The molecule has 2 aliphatic heterocycles. The topological polar surface area (TPSA) is 54.4 Å². The molecule has 132 valence electrons. The predicted molar refractivity (Wildman–Crippen MR) is 96.2 cm³/mol. The smallest absolute Gasteiger partial charge is 0.225 e. The van der Waals surface area contributed by atoms with E-state index in [-0.39, 0.29) is 5.41 Å². The fraction of sp³-hybridized carbons (Fsp3) is 0.526. The minimum Gasteiger partial charge on any atom is -0.379 e. The number of likely N-dealkylation sites (tertiary alicyclic amines) is 1. The molecule has 25 heavy (non-hydrogen) atoms. The highest BCUT2D eigenvalue weighted by atomic mass is 16.5. The van der Waals surface area contributed by atoms with Gasteiger partial charge in [0.05, 0.1) is 18.9 Å². The van der Waals surface area contributed by atoms with E-state index in [4.69, 9.17) is 4.74 Å². The van der Waals surface area contributed by atoms with Gasteiger partial charge in [0.1, 0.15) is 0 Å². The number of piperidine rings is 1. The average Bonchev–Trinajstić information content (AvgIpc) is 2.86. The molecule has 0 radical (unpaired) electrons.